The number of H-pyrrole nitrogens is 1. The van der Waals surface area contributed by atoms with Gasteiger partial charge in [-0.15, -0.1) is 5.10 Å². The number of aromatic nitrogens is 5. The topological polar surface area (TPSA) is 106 Å². The fraction of sp³-hybridized carbons (Fsp3) is 0.560. The first-order chi connectivity index (χ1) is 16.2. The van der Waals surface area contributed by atoms with Gasteiger partial charge in [-0.2, -0.15) is 0 Å². The molecule has 4 rings (SSSR count). The second-order valence-electron chi connectivity index (χ2n) is 9.91. The van der Waals surface area contributed by atoms with Crippen LogP contribution in [0, 0.1) is 5.92 Å². The van der Waals surface area contributed by atoms with E-state index in [-0.39, 0.29) is 23.0 Å². The van der Waals surface area contributed by atoms with Gasteiger partial charge in [0.05, 0.1) is 18.1 Å². The first-order valence-corrected chi connectivity index (χ1v) is 12.1. The summed E-state index contributed by atoms with van der Waals surface area (Å²) in [6.45, 7) is 11.7. The molecule has 1 N–H and O–H groups in total. The number of likely N-dealkylation sites (tertiary alicyclic amines) is 1. The van der Waals surface area contributed by atoms with Crippen LogP contribution in [0.4, 0.5) is 0 Å². The zero-order chi connectivity index (χ0) is 24.5. The van der Waals surface area contributed by atoms with E-state index in [1.54, 1.807) is 4.68 Å². The van der Waals surface area contributed by atoms with E-state index in [0.29, 0.717) is 43.9 Å². The Morgan fingerprint density at radius 2 is 1.94 bits per heavy atom. The lowest BCUT2D eigenvalue weighted by Gasteiger charge is -2.37. The summed E-state index contributed by atoms with van der Waals surface area (Å²) in [6, 6.07) is 7.65. The molecule has 0 bridgehead atoms. The first kappa shape index (κ1) is 24.1. The van der Waals surface area contributed by atoms with Crippen molar-refractivity contribution in [1.29, 1.82) is 0 Å². The fourth-order valence-corrected chi connectivity index (χ4v) is 4.69. The predicted molar refractivity (Wildman–Crippen MR) is 130 cm³/mol. The van der Waals surface area contributed by atoms with Gasteiger partial charge in [-0.3, -0.25) is 14.5 Å². The molecule has 1 saturated heterocycles. The summed E-state index contributed by atoms with van der Waals surface area (Å²) in [6.07, 6.45) is 2.24. The smallest absolute Gasteiger partial charge is 0.309 e. The number of piperidine rings is 1. The number of rotatable bonds is 6. The third kappa shape index (κ3) is 4.75. The van der Waals surface area contributed by atoms with E-state index < -0.39 is 6.04 Å². The number of carbonyl (C=O) groups is 1. The number of aromatic amines is 1. The number of carbonyl (C=O) groups excluding carboxylic acids is 1. The summed E-state index contributed by atoms with van der Waals surface area (Å²) in [7, 11) is 0. The summed E-state index contributed by atoms with van der Waals surface area (Å²) >= 11 is 0. The highest BCUT2D eigenvalue weighted by Gasteiger charge is 2.36. The molecule has 34 heavy (non-hydrogen) atoms. The molecule has 9 nitrogen and oxygen atoms in total. The van der Waals surface area contributed by atoms with Gasteiger partial charge in [-0.05, 0) is 86.5 Å². The summed E-state index contributed by atoms with van der Waals surface area (Å²) in [5.74, 6) is 0.352. The van der Waals surface area contributed by atoms with Crippen LogP contribution in [-0.2, 0) is 21.5 Å². The van der Waals surface area contributed by atoms with Crippen LogP contribution in [0.3, 0.4) is 0 Å². The molecular formula is C25H34N6O3. The molecule has 182 valence electrons. The molecule has 1 fully saturated rings. The minimum atomic E-state index is -0.434. The molecule has 0 saturated carbocycles. The molecule has 2 aromatic heterocycles. The Labute approximate surface area is 199 Å². The van der Waals surface area contributed by atoms with Crippen molar-refractivity contribution in [2.45, 2.75) is 65.5 Å². The lowest BCUT2D eigenvalue weighted by Crippen LogP contribution is -2.43. The van der Waals surface area contributed by atoms with Crippen LogP contribution in [0.2, 0.25) is 0 Å². The lowest BCUT2D eigenvalue weighted by molar-refractivity contribution is -0.149. The Kier molecular flexibility index (Phi) is 6.84. The first-order valence-electron chi connectivity index (χ1n) is 12.1. The minimum absolute atomic E-state index is 0.127. The maximum absolute atomic E-state index is 13.4. The number of nitrogens with one attached hydrogen (secondary N) is 1. The molecule has 1 atom stereocenters. The van der Waals surface area contributed by atoms with Gasteiger partial charge in [-0.1, -0.05) is 13.0 Å². The molecule has 3 aromatic rings. The second-order valence-corrected chi connectivity index (χ2v) is 9.91. The van der Waals surface area contributed by atoms with Crippen molar-refractivity contribution >= 4 is 16.9 Å². The van der Waals surface area contributed by atoms with Crippen LogP contribution in [0.5, 0.6) is 0 Å². The molecule has 0 aliphatic carbocycles. The van der Waals surface area contributed by atoms with Crippen LogP contribution in [0.25, 0.3) is 10.9 Å². The molecule has 0 amide bonds. The number of hydrogen-bond donors (Lipinski definition) is 1. The lowest BCUT2D eigenvalue weighted by atomic mass is 9.93. The molecule has 0 radical (unpaired) electrons. The van der Waals surface area contributed by atoms with E-state index in [4.69, 9.17) is 4.74 Å². The number of ether oxygens (including phenoxy) is 1. The Morgan fingerprint density at radius 1 is 1.21 bits per heavy atom. The number of aryl methyl sites for hydroxylation is 1. The molecule has 0 unspecified atom stereocenters. The molecule has 3 heterocycles. The van der Waals surface area contributed by atoms with E-state index in [1.165, 1.54) is 5.56 Å². The minimum Gasteiger partial charge on any atom is -0.466 e. The van der Waals surface area contributed by atoms with E-state index in [2.05, 4.69) is 38.4 Å². The molecule has 1 aliphatic heterocycles. The summed E-state index contributed by atoms with van der Waals surface area (Å²) < 4.78 is 7.03. The van der Waals surface area contributed by atoms with Gasteiger partial charge in [0.25, 0.3) is 5.56 Å². The Hall–Kier alpha value is -3.07. The summed E-state index contributed by atoms with van der Waals surface area (Å²) in [5, 5.41) is 13.6. The van der Waals surface area contributed by atoms with E-state index in [0.717, 1.165) is 17.3 Å². The quantitative estimate of drug-likeness (QED) is 0.556. The van der Waals surface area contributed by atoms with Crippen molar-refractivity contribution in [3.8, 4) is 0 Å². The average Bonchev–Trinajstić information content (AvgIpc) is 3.30. The maximum Gasteiger partial charge on any atom is 0.309 e. The van der Waals surface area contributed by atoms with Crippen LogP contribution >= 0.6 is 0 Å². The Balaban J connectivity index is 1.79. The van der Waals surface area contributed by atoms with Crippen molar-refractivity contribution in [1.82, 2.24) is 30.1 Å². The van der Waals surface area contributed by atoms with Gasteiger partial charge >= 0.3 is 5.97 Å². The van der Waals surface area contributed by atoms with Gasteiger partial charge in [-0.25, -0.2) is 4.68 Å². The molecule has 9 heteroatoms. The van der Waals surface area contributed by atoms with Crippen molar-refractivity contribution in [3.63, 3.8) is 0 Å². The third-order valence-corrected chi connectivity index (χ3v) is 6.53. The van der Waals surface area contributed by atoms with Crippen molar-refractivity contribution < 1.29 is 9.53 Å². The highest BCUT2D eigenvalue weighted by molar-refractivity contribution is 5.80. The van der Waals surface area contributed by atoms with Crippen molar-refractivity contribution in [2.24, 2.45) is 5.92 Å². The van der Waals surface area contributed by atoms with E-state index in [1.807, 2.05) is 45.9 Å². The number of esters is 1. The van der Waals surface area contributed by atoms with Gasteiger partial charge in [0.15, 0.2) is 5.82 Å². The van der Waals surface area contributed by atoms with Crippen LogP contribution in [0.1, 0.15) is 70.5 Å². The van der Waals surface area contributed by atoms with E-state index in [9.17, 15) is 9.59 Å². The van der Waals surface area contributed by atoms with Crippen molar-refractivity contribution in [3.05, 3.63) is 51.6 Å². The van der Waals surface area contributed by atoms with Gasteiger partial charge in [0.2, 0.25) is 0 Å². The van der Waals surface area contributed by atoms with Crippen LogP contribution in [0.15, 0.2) is 29.1 Å². The van der Waals surface area contributed by atoms with Crippen LogP contribution in [-0.4, -0.2) is 55.8 Å². The normalized spacial score (nSPS) is 16.6. The SMILES string of the molecule is CCOC(=O)C1CCN([C@@H](c2cc3cc(CC)ccc3[nH]c2=O)c2nnnn2C(C)(C)C)CC1. The second kappa shape index (κ2) is 9.66. The zero-order valence-corrected chi connectivity index (χ0v) is 20.7. The van der Waals surface area contributed by atoms with E-state index >= 15 is 0 Å². The molecule has 1 aromatic carbocycles. The monoisotopic (exact) mass is 466 g/mol. The van der Waals surface area contributed by atoms with Crippen molar-refractivity contribution in [2.75, 3.05) is 19.7 Å². The largest absolute Gasteiger partial charge is 0.466 e. The van der Waals surface area contributed by atoms with Gasteiger partial charge in [0, 0.05) is 24.2 Å². The summed E-state index contributed by atoms with van der Waals surface area (Å²) in [4.78, 5) is 30.9. The number of pyridine rings is 1. The standard InChI is InChI=1S/C25H34N6O3/c1-6-16-8-9-20-18(14-16)15-19(23(32)26-20)21(22-27-28-29-31(22)25(3,4)5)30-12-10-17(11-13-30)24(33)34-7-2/h8-9,14-15,17,21H,6-7,10-13H2,1-5H3,(H,26,32)/t21-/m0/s1. The van der Waals surface area contributed by atoms with Gasteiger partial charge < -0.3 is 9.72 Å². The zero-order valence-electron chi connectivity index (χ0n) is 20.7. The maximum atomic E-state index is 13.4. The summed E-state index contributed by atoms with van der Waals surface area (Å²) in [5.41, 5.74) is 2.10. The molecular weight excluding hydrogens is 432 g/mol. The number of hydrogen-bond acceptors (Lipinski definition) is 7. The Bertz CT molecular complexity index is 1220. The van der Waals surface area contributed by atoms with Gasteiger partial charge in [0.1, 0.15) is 6.04 Å². The van der Waals surface area contributed by atoms with Crippen LogP contribution < -0.4 is 5.56 Å². The highest BCUT2D eigenvalue weighted by atomic mass is 16.5. The third-order valence-electron chi connectivity index (χ3n) is 6.53. The Morgan fingerprint density at radius 3 is 2.59 bits per heavy atom. The highest BCUT2D eigenvalue weighted by Crippen LogP contribution is 2.33. The number of tetrazole rings is 1. The predicted octanol–water partition coefficient (Wildman–Crippen LogP) is 3.20. The molecule has 1 aliphatic rings. The number of benzene rings is 1. The average molecular weight is 467 g/mol. The fourth-order valence-electron chi connectivity index (χ4n) is 4.69. The molecule has 0 spiro atoms. The number of nitrogens with zero attached hydrogens (tertiary/aromatic N) is 5. The number of fused-ring (bicyclic) bond motifs is 1.